The van der Waals surface area contributed by atoms with Gasteiger partial charge in [0.25, 0.3) is 0 Å². The zero-order chi connectivity index (χ0) is 8.97. The van der Waals surface area contributed by atoms with E-state index in [4.69, 9.17) is 15.9 Å². The average molecular weight is 276 g/mol. The summed E-state index contributed by atoms with van der Waals surface area (Å²) in [5.74, 6) is 0.880. The van der Waals surface area contributed by atoms with Crippen molar-refractivity contribution >= 4 is 28.4 Å². The van der Waals surface area contributed by atoms with Crippen molar-refractivity contribution in [2.45, 2.75) is 0 Å². The standard InChI is InChI=1S/C8H9IN2O/c9-5-12-7-3-1-6(2-4-7)8(10)11/h1-4H,5H2,(H3,10,11). The van der Waals surface area contributed by atoms with Gasteiger partial charge in [0.2, 0.25) is 0 Å². The summed E-state index contributed by atoms with van der Waals surface area (Å²) in [6, 6.07) is 7.14. The number of amidine groups is 1. The van der Waals surface area contributed by atoms with Gasteiger partial charge in [-0.1, -0.05) is 0 Å². The van der Waals surface area contributed by atoms with Crippen molar-refractivity contribution < 1.29 is 4.74 Å². The molecule has 0 heterocycles. The minimum absolute atomic E-state index is 0.0797. The number of halogens is 1. The van der Waals surface area contributed by atoms with Crippen LogP contribution in [-0.2, 0) is 0 Å². The minimum atomic E-state index is 0.0797. The summed E-state index contributed by atoms with van der Waals surface area (Å²) < 4.78 is 5.84. The second kappa shape index (κ2) is 4.30. The lowest BCUT2D eigenvalue weighted by Crippen LogP contribution is -2.10. The minimum Gasteiger partial charge on any atom is -0.483 e. The molecule has 0 aliphatic carbocycles. The third-order valence-electron chi connectivity index (χ3n) is 1.39. The van der Waals surface area contributed by atoms with Gasteiger partial charge < -0.3 is 10.5 Å². The summed E-state index contributed by atoms with van der Waals surface area (Å²) in [7, 11) is 0. The molecule has 0 unspecified atom stereocenters. The Morgan fingerprint density at radius 1 is 1.42 bits per heavy atom. The summed E-state index contributed by atoms with van der Waals surface area (Å²) in [5, 5.41) is 7.14. The van der Waals surface area contributed by atoms with Crippen molar-refractivity contribution in [3.05, 3.63) is 29.8 Å². The highest BCUT2D eigenvalue weighted by molar-refractivity contribution is 14.1. The summed E-state index contributed by atoms with van der Waals surface area (Å²) in [6.07, 6.45) is 0. The molecule has 4 heteroatoms. The van der Waals surface area contributed by atoms with Gasteiger partial charge in [-0.3, -0.25) is 5.41 Å². The quantitative estimate of drug-likeness (QED) is 0.382. The zero-order valence-corrected chi connectivity index (χ0v) is 8.54. The first-order valence-electron chi connectivity index (χ1n) is 3.37. The number of alkyl halides is 1. The van der Waals surface area contributed by atoms with Gasteiger partial charge in [-0.15, -0.1) is 0 Å². The van der Waals surface area contributed by atoms with E-state index in [1.807, 2.05) is 0 Å². The maximum absolute atomic E-state index is 7.14. The smallest absolute Gasteiger partial charge is 0.139 e. The van der Waals surface area contributed by atoms with Crippen molar-refractivity contribution in [1.82, 2.24) is 0 Å². The highest BCUT2D eigenvalue weighted by atomic mass is 127. The lowest BCUT2D eigenvalue weighted by molar-refractivity contribution is 0.404. The third-order valence-corrected chi connectivity index (χ3v) is 1.70. The molecule has 0 saturated carbocycles. The molecule has 0 bridgehead atoms. The fraction of sp³-hybridized carbons (Fsp3) is 0.125. The first-order chi connectivity index (χ1) is 5.74. The molecule has 1 aromatic carbocycles. The molecule has 0 atom stereocenters. The Morgan fingerprint density at radius 2 is 2.00 bits per heavy atom. The highest BCUT2D eigenvalue weighted by Crippen LogP contribution is 2.12. The second-order valence-electron chi connectivity index (χ2n) is 2.19. The number of benzene rings is 1. The normalized spacial score (nSPS) is 9.42. The number of ether oxygens (including phenoxy) is 1. The van der Waals surface area contributed by atoms with Crippen LogP contribution in [-0.4, -0.2) is 10.4 Å². The molecule has 1 aromatic rings. The van der Waals surface area contributed by atoms with E-state index in [1.54, 1.807) is 24.3 Å². The molecule has 0 saturated heterocycles. The molecular weight excluding hydrogens is 267 g/mol. The molecular formula is C8H9IN2O. The lowest BCUT2D eigenvalue weighted by Gasteiger charge is -2.02. The number of nitrogen functional groups attached to an aromatic ring is 1. The second-order valence-corrected chi connectivity index (χ2v) is 2.81. The van der Waals surface area contributed by atoms with Gasteiger partial charge in [-0.2, -0.15) is 0 Å². The largest absolute Gasteiger partial charge is 0.483 e. The van der Waals surface area contributed by atoms with Crippen LogP contribution in [0.5, 0.6) is 5.75 Å². The summed E-state index contributed by atoms with van der Waals surface area (Å²) in [5.41, 5.74) is 6.00. The first kappa shape index (κ1) is 9.31. The molecule has 0 aliphatic heterocycles. The van der Waals surface area contributed by atoms with E-state index < -0.39 is 0 Å². The van der Waals surface area contributed by atoms with Crippen molar-refractivity contribution in [1.29, 1.82) is 5.41 Å². The Labute approximate surface area is 84.6 Å². The van der Waals surface area contributed by atoms with Crippen LogP contribution in [0.15, 0.2) is 24.3 Å². The number of hydrogen-bond acceptors (Lipinski definition) is 2. The maximum Gasteiger partial charge on any atom is 0.139 e. The Balaban J connectivity index is 2.78. The Kier molecular flexibility index (Phi) is 3.33. The molecule has 0 fully saturated rings. The molecule has 0 radical (unpaired) electrons. The van der Waals surface area contributed by atoms with Gasteiger partial charge in [0.15, 0.2) is 0 Å². The fourth-order valence-electron chi connectivity index (χ4n) is 0.794. The van der Waals surface area contributed by atoms with E-state index in [2.05, 4.69) is 22.6 Å². The molecule has 0 amide bonds. The predicted molar refractivity (Wildman–Crippen MR) is 57.0 cm³/mol. The van der Waals surface area contributed by atoms with E-state index in [9.17, 15) is 0 Å². The van der Waals surface area contributed by atoms with Gasteiger partial charge in [0, 0.05) is 5.56 Å². The number of nitrogens with two attached hydrogens (primary N) is 1. The van der Waals surface area contributed by atoms with E-state index in [1.165, 1.54) is 0 Å². The molecule has 3 N–H and O–H groups in total. The van der Waals surface area contributed by atoms with E-state index in [0.717, 1.165) is 11.3 Å². The first-order valence-corrected chi connectivity index (χ1v) is 4.90. The van der Waals surface area contributed by atoms with Crippen molar-refractivity contribution in [2.75, 3.05) is 4.61 Å². The van der Waals surface area contributed by atoms with Crippen LogP contribution in [0.1, 0.15) is 5.56 Å². The fourth-order valence-corrected chi connectivity index (χ4v) is 1.15. The molecule has 0 aromatic heterocycles. The number of rotatable bonds is 3. The molecule has 0 aliphatic rings. The Hall–Kier alpha value is -0.780. The average Bonchev–Trinajstić information content (AvgIpc) is 2.06. The molecule has 12 heavy (non-hydrogen) atoms. The number of hydrogen-bond donors (Lipinski definition) is 2. The Bertz CT molecular complexity index is 271. The summed E-state index contributed by atoms with van der Waals surface area (Å²) in [6.45, 7) is 0. The molecule has 0 spiro atoms. The molecule has 1 rings (SSSR count). The van der Waals surface area contributed by atoms with Crippen LogP contribution >= 0.6 is 22.6 Å². The van der Waals surface area contributed by atoms with Crippen molar-refractivity contribution in [2.24, 2.45) is 5.73 Å². The number of nitrogens with one attached hydrogen (secondary N) is 1. The summed E-state index contributed by atoms with van der Waals surface area (Å²) in [4.78, 5) is 0. The van der Waals surface area contributed by atoms with Gasteiger partial charge in [-0.05, 0) is 46.9 Å². The van der Waals surface area contributed by atoms with Crippen LogP contribution < -0.4 is 10.5 Å². The van der Waals surface area contributed by atoms with Gasteiger partial charge >= 0.3 is 0 Å². The van der Waals surface area contributed by atoms with Crippen LogP contribution in [0.25, 0.3) is 0 Å². The van der Waals surface area contributed by atoms with E-state index in [0.29, 0.717) is 4.61 Å². The predicted octanol–water partition coefficient (Wildman–Crippen LogP) is 1.74. The molecule has 64 valence electrons. The summed E-state index contributed by atoms with van der Waals surface area (Å²) >= 11 is 2.12. The van der Waals surface area contributed by atoms with Crippen LogP contribution in [0, 0.1) is 5.41 Å². The van der Waals surface area contributed by atoms with Crippen molar-refractivity contribution in [3.63, 3.8) is 0 Å². The van der Waals surface area contributed by atoms with Crippen molar-refractivity contribution in [3.8, 4) is 5.75 Å². The van der Waals surface area contributed by atoms with Gasteiger partial charge in [-0.25, -0.2) is 0 Å². The van der Waals surface area contributed by atoms with Gasteiger partial charge in [0.05, 0.1) is 0 Å². The maximum atomic E-state index is 7.14. The van der Waals surface area contributed by atoms with Crippen LogP contribution in [0.4, 0.5) is 0 Å². The van der Waals surface area contributed by atoms with Crippen LogP contribution in [0.3, 0.4) is 0 Å². The van der Waals surface area contributed by atoms with Crippen LogP contribution in [0.2, 0.25) is 0 Å². The molecule has 3 nitrogen and oxygen atoms in total. The lowest BCUT2D eigenvalue weighted by atomic mass is 10.2. The monoisotopic (exact) mass is 276 g/mol. The third kappa shape index (κ3) is 2.37. The van der Waals surface area contributed by atoms with E-state index in [-0.39, 0.29) is 5.84 Å². The van der Waals surface area contributed by atoms with E-state index >= 15 is 0 Å². The zero-order valence-electron chi connectivity index (χ0n) is 6.38. The SMILES string of the molecule is N=C(N)c1ccc(OCI)cc1. The van der Waals surface area contributed by atoms with Gasteiger partial charge in [0.1, 0.15) is 16.2 Å². The Morgan fingerprint density at radius 3 is 2.42 bits per heavy atom. The topological polar surface area (TPSA) is 59.1 Å². The highest BCUT2D eigenvalue weighted by Gasteiger charge is 1.95.